The Hall–Kier alpha value is 0.110. The van der Waals surface area contributed by atoms with Gasteiger partial charge in [0, 0.05) is 21.7 Å². The van der Waals surface area contributed by atoms with E-state index in [1.54, 1.807) is 11.8 Å². The highest BCUT2D eigenvalue weighted by molar-refractivity contribution is 7.99. The van der Waals surface area contributed by atoms with Gasteiger partial charge < -0.3 is 4.90 Å². The molecule has 4 heteroatoms. The minimum Gasteiger partial charge on any atom is -0.306 e. The molecule has 0 fully saturated rings. The van der Waals surface area contributed by atoms with E-state index in [2.05, 4.69) is 25.9 Å². The molecule has 0 N–H and O–H groups in total. The minimum atomic E-state index is 0.519. The summed E-state index contributed by atoms with van der Waals surface area (Å²) in [5, 5.41) is 1.51. The van der Waals surface area contributed by atoms with Gasteiger partial charge in [-0.2, -0.15) is 0 Å². The van der Waals surface area contributed by atoms with Crippen LogP contribution in [0, 0.1) is 0 Å². The Morgan fingerprint density at radius 2 is 2.00 bits per heavy atom. The number of hydrogen-bond donors (Lipinski definition) is 0. The number of thioether (sulfide) groups is 1. The van der Waals surface area contributed by atoms with Crippen molar-refractivity contribution in [1.82, 2.24) is 4.90 Å². The monoisotopic (exact) mass is 263 g/mol. The highest BCUT2D eigenvalue weighted by Gasteiger charge is 2.07. The Kier molecular flexibility index (Phi) is 5.27. The van der Waals surface area contributed by atoms with Gasteiger partial charge in [-0.25, -0.2) is 0 Å². The van der Waals surface area contributed by atoms with Gasteiger partial charge in [0.1, 0.15) is 0 Å². The van der Waals surface area contributed by atoms with Gasteiger partial charge in [-0.1, -0.05) is 23.2 Å². The van der Waals surface area contributed by atoms with Crippen LogP contribution in [0.3, 0.4) is 0 Å². The highest BCUT2D eigenvalue weighted by atomic mass is 35.5. The van der Waals surface area contributed by atoms with Crippen LogP contribution in [0.15, 0.2) is 23.1 Å². The van der Waals surface area contributed by atoms with Crippen LogP contribution in [-0.4, -0.2) is 30.8 Å². The molecule has 1 rings (SSSR count). The van der Waals surface area contributed by atoms with Crippen LogP contribution in [0.4, 0.5) is 0 Å². The molecule has 0 aliphatic heterocycles. The van der Waals surface area contributed by atoms with Crippen molar-refractivity contribution in [2.24, 2.45) is 0 Å². The summed E-state index contributed by atoms with van der Waals surface area (Å²) in [6.07, 6.45) is 0. The van der Waals surface area contributed by atoms with Crippen molar-refractivity contribution in [1.29, 1.82) is 0 Å². The molecule has 0 aliphatic carbocycles. The van der Waals surface area contributed by atoms with Crippen LogP contribution >= 0.6 is 35.0 Å². The summed E-state index contributed by atoms with van der Waals surface area (Å²) in [5.41, 5.74) is 0. The molecule has 1 aromatic carbocycles. The topological polar surface area (TPSA) is 3.24 Å². The van der Waals surface area contributed by atoms with Crippen molar-refractivity contribution in [3.63, 3.8) is 0 Å². The van der Waals surface area contributed by atoms with E-state index in [4.69, 9.17) is 23.2 Å². The average molecular weight is 264 g/mol. The molecule has 15 heavy (non-hydrogen) atoms. The Morgan fingerprint density at radius 1 is 1.33 bits per heavy atom. The zero-order chi connectivity index (χ0) is 11.4. The smallest absolute Gasteiger partial charge is 0.0542 e. The second kappa shape index (κ2) is 6.00. The number of nitrogens with zero attached hydrogens (tertiary/aromatic N) is 1. The van der Waals surface area contributed by atoms with Gasteiger partial charge >= 0.3 is 0 Å². The van der Waals surface area contributed by atoms with Crippen LogP contribution in [-0.2, 0) is 0 Å². The molecule has 1 nitrogen and oxygen atoms in total. The second-order valence-corrected chi connectivity index (χ2v) is 5.60. The molecule has 0 saturated heterocycles. The second-order valence-electron chi connectivity index (χ2n) is 3.70. The third kappa shape index (κ3) is 4.23. The van der Waals surface area contributed by atoms with Gasteiger partial charge in [-0.15, -0.1) is 11.8 Å². The Bertz CT molecular complexity index is 328. The molecule has 1 atom stereocenters. The van der Waals surface area contributed by atoms with Gasteiger partial charge in [-0.3, -0.25) is 0 Å². The first kappa shape index (κ1) is 13.2. The fourth-order valence-electron chi connectivity index (χ4n) is 0.947. The summed E-state index contributed by atoms with van der Waals surface area (Å²) in [6.45, 7) is 2.19. The van der Waals surface area contributed by atoms with E-state index in [0.717, 1.165) is 20.7 Å². The summed E-state index contributed by atoms with van der Waals surface area (Å²) in [5.74, 6) is 1.01. The molecule has 0 bridgehead atoms. The number of rotatable bonds is 4. The zero-order valence-electron chi connectivity index (χ0n) is 9.13. The van der Waals surface area contributed by atoms with Crippen molar-refractivity contribution in [3.8, 4) is 0 Å². The summed E-state index contributed by atoms with van der Waals surface area (Å²) < 4.78 is 0. The van der Waals surface area contributed by atoms with Crippen LogP contribution < -0.4 is 0 Å². The largest absolute Gasteiger partial charge is 0.306 e. The Labute approximate surface area is 106 Å². The van der Waals surface area contributed by atoms with Crippen molar-refractivity contribution < 1.29 is 0 Å². The SMILES string of the molecule is CC(CSc1cc(Cl)ccc1Cl)N(C)C. The molecule has 0 amide bonds. The van der Waals surface area contributed by atoms with E-state index in [1.807, 2.05) is 18.2 Å². The lowest BCUT2D eigenvalue weighted by Crippen LogP contribution is -2.26. The van der Waals surface area contributed by atoms with E-state index in [0.29, 0.717) is 6.04 Å². The first-order chi connectivity index (χ1) is 7.00. The van der Waals surface area contributed by atoms with Crippen LogP contribution in [0.5, 0.6) is 0 Å². The predicted molar refractivity (Wildman–Crippen MR) is 70.3 cm³/mol. The van der Waals surface area contributed by atoms with Gasteiger partial charge in [-0.05, 0) is 39.2 Å². The maximum absolute atomic E-state index is 6.07. The normalized spacial score (nSPS) is 13.2. The third-order valence-electron chi connectivity index (χ3n) is 2.25. The first-order valence-electron chi connectivity index (χ1n) is 4.75. The summed E-state index contributed by atoms with van der Waals surface area (Å²) >= 11 is 13.7. The van der Waals surface area contributed by atoms with Crippen LogP contribution in [0.2, 0.25) is 10.0 Å². The van der Waals surface area contributed by atoms with Crippen molar-refractivity contribution >= 4 is 35.0 Å². The predicted octanol–water partition coefficient (Wildman–Crippen LogP) is 4.04. The van der Waals surface area contributed by atoms with Crippen molar-refractivity contribution in [2.45, 2.75) is 17.9 Å². The molecule has 0 radical (unpaired) electrons. The molecule has 84 valence electrons. The Balaban J connectivity index is 2.61. The molecular formula is C11H15Cl2NS. The standard InChI is InChI=1S/C11H15Cl2NS/c1-8(14(2)3)7-15-11-6-9(12)4-5-10(11)13/h4-6,8H,7H2,1-3H3. The molecule has 0 spiro atoms. The number of halogens is 2. The van der Waals surface area contributed by atoms with Gasteiger partial charge in [0.25, 0.3) is 0 Å². The van der Waals surface area contributed by atoms with Gasteiger partial charge in [0.2, 0.25) is 0 Å². The maximum Gasteiger partial charge on any atom is 0.0542 e. The molecule has 0 aromatic heterocycles. The molecule has 0 aliphatic rings. The zero-order valence-corrected chi connectivity index (χ0v) is 11.5. The van der Waals surface area contributed by atoms with E-state index in [1.165, 1.54) is 0 Å². The lowest BCUT2D eigenvalue weighted by atomic mass is 10.4. The number of hydrogen-bond acceptors (Lipinski definition) is 2. The van der Waals surface area contributed by atoms with Gasteiger partial charge in [0.15, 0.2) is 0 Å². The fourth-order valence-corrected chi connectivity index (χ4v) is 2.60. The average Bonchev–Trinajstić information content (AvgIpc) is 2.18. The first-order valence-corrected chi connectivity index (χ1v) is 6.49. The fraction of sp³-hybridized carbons (Fsp3) is 0.455. The molecule has 0 saturated carbocycles. The maximum atomic E-state index is 6.07. The lowest BCUT2D eigenvalue weighted by Gasteiger charge is -2.19. The van der Waals surface area contributed by atoms with Crippen LogP contribution in [0.1, 0.15) is 6.92 Å². The van der Waals surface area contributed by atoms with E-state index < -0.39 is 0 Å². The summed E-state index contributed by atoms with van der Waals surface area (Å²) in [6, 6.07) is 6.08. The van der Waals surface area contributed by atoms with Crippen molar-refractivity contribution in [3.05, 3.63) is 28.2 Å². The van der Waals surface area contributed by atoms with Gasteiger partial charge in [0.05, 0.1) is 5.02 Å². The summed E-state index contributed by atoms with van der Waals surface area (Å²) in [4.78, 5) is 3.24. The van der Waals surface area contributed by atoms with Crippen molar-refractivity contribution in [2.75, 3.05) is 19.8 Å². The molecule has 0 heterocycles. The number of benzene rings is 1. The van der Waals surface area contributed by atoms with E-state index in [9.17, 15) is 0 Å². The third-order valence-corrected chi connectivity index (χ3v) is 4.23. The lowest BCUT2D eigenvalue weighted by molar-refractivity contribution is 0.340. The quantitative estimate of drug-likeness (QED) is 0.755. The Morgan fingerprint density at radius 3 is 2.60 bits per heavy atom. The van der Waals surface area contributed by atoms with E-state index >= 15 is 0 Å². The summed E-state index contributed by atoms with van der Waals surface area (Å²) in [7, 11) is 4.15. The molecule has 1 aromatic rings. The minimum absolute atomic E-state index is 0.519. The molecule has 1 unspecified atom stereocenters. The van der Waals surface area contributed by atoms with Crippen LogP contribution in [0.25, 0.3) is 0 Å². The molecular weight excluding hydrogens is 249 g/mol. The highest BCUT2D eigenvalue weighted by Crippen LogP contribution is 2.30. The van der Waals surface area contributed by atoms with E-state index in [-0.39, 0.29) is 0 Å².